The van der Waals surface area contributed by atoms with Crippen molar-refractivity contribution in [3.8, 4) is 11.3 Å². The fraction of sp³-hybridized carbons (Fsp3) is 0.0769. The fourth-order valence-corrected chi connectivity index (χ4v) is 4.05. The Balaban J connectivity index is 1.53. The maximum absolute atomic E-state index is 14.7. The molecule has 2 N–H and O–H groups in total. The van der Waals surface area contributed by atoms with Crippen molar-refractivity contribution >= 4 is 34.9 Å². The summed E-state index contributed by atoms with van der Waals surface area (Å²) in [5, 5.41) is 12.6. The first-order valence-corrected chi connectivity index (χ1v) is 10.9. The molecule has 8 heteroatoms. The van der Waals surface area contributed by atoms with E-state index in [1.807, 2.05) is 6.07 Å². The molecule has 0 unspecified atom stereocenters. The molecule has 0 saturated carbocycles. The van der Waals surface area contributed by atoms with Crippen molar-refractivity contribution in [2.24, 2.45) is 4.99 Å². The number of anilines is 2. The first-order chi connectivity index (χ1) is 16.5. The van der Waals surface area contributed by atoms with E-state index in [0.29, 0.717) is 39.1 Å². The normalized spacial score (nSPS) is 12.2. The number of rotatable bonds is 5. The number of nitrogens with zero attached hydrogens (tertiary/aromatic N) is 3. The highest BCUT2D eigenvalue weighted by atomic mass is 35.5. The van der Waals surface area contributed by atoms with Crippen molar-refractivity contribution in [1.82, 2.24) is 9.97 Å². The van der Waals surface area contributed by atoms with Crippen molar-refractivity contribution in [2.75, 3.05) is 5.32 Å². The quantitative estimate of drug-likeness (QED) is 0.391. The molecule has 0 atom stereocenters. The van der Waals surface area contributed by atoms with Gasteiger partial charge in [0.15, 0.2) is 0 Å². The summed E-state index contributed by atoms with van der Waals surface area (Å²) in [6.07, 6.45) is 1.66. The second-order valence-electron chi connectivity index (χ2n) is 7.79. The lowest BCUT2D eigenvalue weighted by Crippen LogP contribution is -2.07. The van der Waals surface area contributed by atoms with Gasteiger partial charge in [-0.2, -0.15) is 0 Å². The number of carboxylic acids is 1. The van der Waals surface area contributed by atoms with Gasteiger partial charge in [0, 0.05) is 39.2 Å². The van der Waals surface area contributed by atoms with Crippen LogP contribution < -0.4 is 5.32 Å². The molecule has 34 heavy (non-hydrogen) atoms. The topological polar surface area (TPSA) is 87.5 Å². The lowest BCUT2D eigenvalue weighted by Gasteiger charge is -2.13. The van der Waals surface area contributed by atoms with Gasteiger partial charge in [0.1, 0.15) is 5.82 Å². The third-order valence-corrected chi connectivity index (χ3v) is 5.69. The van der Waals surface area contributed by atoms with Crippen LogP contribution in [0.4, 0.5) is 16.0 Å². The highest BCUT2D eigenvalue weighted by molar-refractivity contribution is 6.31. The Morgan fingerprint density at radius 3 is 2.59 bits per heavy atom. The van der Waals surface area contributed by atoms with E-state index in [1.165, 1.54) is 6.07 Å². The zero-order valence-electron chi connectivity index (χ0n) is 17.8. The number of aromatic nitrogens is 2. The highest BCUT2D eigenvalue weighted by Gasteiger charge is 2.23. The number of carbonyl (C=O) groups is 1. The predicted molar refractivity (Wildman–Crippen MR) is 129 cm³/mol. The SMILES string of the molecule is O=C(O)Cc1ccc(Nc2ncc3c(n2)-c2ccc(Cl)cc2C(c2ccccc2F)=NC3)cc1. The zero-order chi connectivity index (χ0) is 23.7. The minimum atomic E-state index is -0.884. The summed E-state index contributed by atoms with van der Waals surface area (Å²) in [5.74, 6) is -0.872. The first kappa shape index (κ1) is 21.7. The molecular weight excluding hydrogens is 455 g/mol. The van der Waals surface area contributed by atoms with Gasteiger partial charge in [-0.25, -0.2) is 14.4 Å². The van der Waals surface area contributed by atoms with Crippen molar-refractivity contribution in [2.45, 2.75) is 13.0 Å². The van der Waals surface area contributed by atoms with E-state index in [0.717, 1.165) is 16.8 Å². The van der Waals surface area contributed by atoms with Gasteiger partial charge in [-0.3, -0.25) is 9.79 Å². The zero-order valence-corrected chi connectivity index (χ0v) is 18.6. The van der Waals surface area contributed by atoms with Gasteiger partial charge >= 0.3 is 5.97 Å². The molecule has 2 heterocycles. The van der Waals surface area contributed by atoms with Crippen LogP contribution in [0, 0.1) is 5.82 Å². The van der Waals surface area contributed by atoms with E-state index >= 15 is 0 Å². The molecule has 0 radical (unpaired) electrons. The van der Waals surface area contributed by atoms with Crippen LogP contribution in [0.15, 0.2) is 77.9 Å². The van der Waals surface area contributed by atoms with Crippen LogP contribution >= 0.6 is 11.6 Å². The Morgan fingerprint density at radius 1 is 1.03 bits per heavy atom. The van der Waals surface area contributed by atoms with Crippen LogP contribution in [0.2, 0.25) is 5.02 Å². The lowest BCUT2D eigenvalue weighted by atomic mass is 9.95. The third kappa shape index (κ3) is 4.38. The van der Waals surface area contributed by atoms with E-state index in [2.05, 4.69) is 10.3 Å². The summed E-state index contributed by atoms with van der Waals surface area (Å²) < 4.78 is 14.7. The highest BCUT2D eigenvalue weighted by Crippen LogP contribution is 2.34. The second kappa shape index (κ2) is 9.03. The van der Waals surface area contributed by atoms with Gasteiger partial charge in [-0.1, -0.05) is 41.9 Å². The van der Waals surface area contributed by atoms with Crippen LogP contribution in [0.5, 0.6) is 0 Å². The third-order valence-electron chi connectivity index (χ3n) is 5.46. The molecule has 0 saturated heterocycles. The number of hydrogen-bond acceptors (Lipinski definition) is 5. The summed E-state index contributed by atoms with van der Waals surface area (Å²) in [6.45, 7) is 0.287. The van der Waals surface area contributed by atoms with E-state index in [4.69, 9.17) is 26.7 Å². The lowest BCUT2D eigenvalue weighted by molar-refractivity contribution is -0.136. The molecule has 1 aromatic heterocycles. The molecule has 0 fully saturated rings. The molecule has 168 valence electrons. The van der Waals surface area contributed by atoms with Gasteiger partial charge in [0.2, 0.25) is 5.95 Å². The largest absolute Gasteiger partial charge is 0.481 e. The number of fused-ring (bicyclic) bond motifs is 3. The number of benzene rings is 3. The van der Waals surface area contributed by atoms with Crippen molar-refractivity contribution in [3.63, 3.8) is 0 Å². The molecule has 0 amide bonds. The fourth-order valence-electron chi connectivity index (χ4n) is 3.88. The monoisotopic (exact) mass is 472 g/mol. The van der Waals surface area contributed by atoms with Gasteiger partial charge in [-0.15, -0.1) is 0 Å². The summed E-state index contributed by atoms with van der Waals surface area (Å²) in [5.41, 5.74) is 5.29. The van der Waals surface area contributed by atoms with Gasteiger partial charge in [0.25, 0.3) is 0 Å². The Kier molecular flexibility index (Phi) is 5.77. The Hall–Kier alpha value is -4.10. The Labute approximate surface area is 199 Å². The predicted octanol–water partition coefficient (Wildman–Crippen LogP) is 5.66. The van der Waals surface area contributed by atoms with Crippen LogP contribution in [0.1, 0.15) is 22.3 Å². The van der Waals surface area contributed by atoms with Crippen molar-refractivity contribution in [3.05, 3.63) is 106 Å². The van der Waals surface area contributed by atoms with E-state index in [9.17, 15) is 9.18 Å². The minimum Gasteiger partial charge on any atom is -0.481 e. The van der Waals surface area contributed by atoms with Crippen molar-refractivity contribution in [1.29, 1.82) is 0 Å². The molecule has 4 aromatic rings. The summed E-state index contributed by atoms with van der Waals surface area (Å²) in [4.78, 5) is 24.7. The maximum atomic E-state index is 14.7. The first-order valence-electron chi connectivity index (χ1n) is 10.5. The number of hydrogen-bond donors (Lipinski definition) is 2. The minimum absolute atomic E-state index is 0.0424. The number of halogens is 2. The molecule has 0 aliphatic carbocycles. The molecular formula is C26H18ClFN4O2. The van der Waals surface area contributed by atoms with Crippen LogP contribution in [-0.2, 0) is 17.8 Å². The smallest absolute Gasteiger partial charge is 0.307 e. The van der Waals surface area contributed by atoms with Gasteiger partial charge < -0.3 is 10.4 Å². The Bertz CT molecular complexity index is 1440. The number of nitrogens with one attached hydrogen (secondary N) is 1. The van der Waals surface area contributed by atoms with E-state index in [1.54, 1.807) is 60.8 Å². The van der Waals surface area contributed by atoms with Crippen LogP contribution in [-0.4, -0.2) is 26.8 Å². The molecule has 0 bridgehead atoms. The van der Waals surface area contributed by atoms with Crippen LogP contribution in [0.3, 0.4) is 0 Å². The molecule has 1 aliphatic heterocycles. The van der Waals surface area contributed by atoms with Gasteiger partial charge in [0.05, 0.1) is 24.4 Å². The number of aliphatic carboxylic acids is 1. The van der Waals surface area contributed by atoms with Crippen LogP contribution in [0.25, 0.3) is 11.3 Å². The summed E-state index contributed by atoms with van der Waals surface area (Å²) >= 11 is 6.30. The maximum Gasteiger partial charge on any atom is 0.307 e. The van der Waals surface area contributed by atoms with Crippen molar-refractivity contribution < 1.29 is 14.3 Å². The molecule has 0 spiro atoms. The molecule has 5 rings (SSSR count). The molecule has 3 aromatic carbocycles. The average Bonchev–Trinajstić information content (AvgIpc) is 2.97. The average molecular weight is 473 g/mol. The van der Waals surface area contributed by atoms with E-state index in [-0.39, 0.29) is 18.8 Å². The molecule has 6 nitrogen and oxygen atoms in total. The molecule has 1 aliphatic rings. The number of carboxylic acid groups (broad SMARTS) is 1. The second-order valence-corrected chi connectivity index (χ2v) is 8.23. The number of aliphatic imine (C=N–C) groups is 1. The summed E-state index contributed by atoms with van der Waals surface area (Å²) in [7, 11) is 0. The Morgan fingerprint density at radius 2 is 1.82 bits per heavy atom. The standard InChI is InChI=1S/C26H18ClFN4O2/c27-17-7-10-19-21(12-17)25(20-3-1-2-4-22(20)28)29-13-16-14-30-26(32-24(16)19)31-18-8-5-15(6-9-18)11-23(33)34/h1-10,12,14H,11,13H2,(H,33,34)(H,30,31,32). The summed E-state index contributed by atoms with van der Waals surface area (Å²) in [6, 6.07) is 19.0. The van der Waals surface area contributed by atoms with Gasteiger partial charge in [-0.05, 0) is 42.0 Å². The van der Waals surface area contributed by atoms with E-state index < -0.39 is 5.97 Å².